The summed E-state index contributed by atoms with van der Waals surface area (Å²) in [4.78, 5) is 7.38. The number of H-pyrrole nitrogens is 1. The summed E-state index contributed by atoms with van der Waals surface area (Å²) in [7, 11) is 0. The number of aromatic nitrogens is 2. The summed E-state index contributed by atoms with van der Waals surface area (Å²) in [6.07, 6.45) is 7.57. The number of imidazole rings is 1. The van der Waals surface area contributed by atoms with Crippen molar-refractivity contribution in [3.05, 3.63) is 54.1 Å². The van der Waals surface area contributed by atoms with Crippen molar-refractivity contribution in [1.29, 1.82) is 0 Å². The second-order valence-electron chi connectivity index (χ2n) is 6.21. The zero-order chi connectivity index (χ0) is 16.5. The zero-order valence-electron chi connectivity index (χ0n) is 13.9. The quantitative estimate of drug-likeness (QED) is 0.588. The molecule has 1 aromatic heterocycles. The molecule has 0 aliphatic rings. The third kappa shape index (κ3) is 5.81. The minimum absolute atomic E-state index is 0.0665. The first-order chi connectivity index (χ1) is 11.2. The van der Waals surface area contributed by atoms with Crippen LogP contribution in [-0.2, 0) is 6.42 Å². The van der Waals surface area contributed by atoms with Gasteiger partial charge >= 0.3 is 0 Å². The summed E-state index contributed by atoms with van der Waals surface area (Å²) in [5.41, 5.74) is 1.08. The SMILES string of the molecule is CCCCCC(O)CC(O)C(Cc1ncc[nH]1)c1ccccc1. The molecular weight excluding hydrogens is 288 g/mol. The van der Waals surface area contributed by atoms with Crippen molar-refractivity contribution in [2.45, 2.75) is 63.6 Å². The molecule has 1 aromatic carbocycles. The van der Waals surface area contributed by atoms with Crippen LogP contribution in [0.5, 0.6) is 0 Å². The van der Waals surface area contributed by atoms with E-state index in [0.717, 1.165) is 37.1 Å². The van der Waals surface area contributed by atoms with E-state index in [0.29, 0.717) is 12.8 Å². The van der Waals surface area contributed by atoms with Gasteiger partial charge in [0.05, 0.1) is 12.2 Å². The first kappa shape index (κ1) is 17.7. The summed E-state index contributed by atoms with van der Waals surface area (Å²) in [5.74, 6) is 0.793. The Labute approximate surface area is 138 Å². The highest BCUT2D eigenvalue weighted by molar-refractivity contribution is 5.22. The molecule has 4 nitrogen and oxygen atoms in total. The molecule has 0 amide bonds. The van der Waals surface area contributed by atoms with Gasteiger partial charge < -0.3 is 15.2 Å². The fourth-order valence-electron chi connectivity index (χ4n) is 2.99. The Kier molecular flexibility index (Phi) is 7.30. The predicted octanol–water partition coefficient (Wildman–Crippen LogP) is 3.43. The van der Waals surface area contributed by atoms with Gasteiger partial charge in [-0.15, -0.1) is 0 Å². The zero-order valence-corrected chi connectivity index (χ0v) is 13.9. The number of hydrogen-bond acceptors (Lipinski definition) is 3. The van der Waals surface area contributed by atoms with Gasteiger partial charge in [0.25, 0.3) is 0 Å². The van der Waals surface area contributed by atoms with E-state index in [1.54, 1.807) is 12.4 Å². The van der Waals surface area contributed by atoms with E-state index < -0.39 is 12.2 Å². The lowest BCUT2D eigenvalue weighted by molar-refractivity contribution is 0.0581. The van der Waals surface area contributed by atoms with Crippen LogP contribution < -0.4 is 0 Å². The molecule has 2 rings (SSSR count). The molecule has 0 spiro atoms. The molecule has 2 aromatic rings. The molecule has 3 N–H and O–H groups in total. The third-order valence-corrected chi connectivity index (χ3v) is 4.31. The highest BCUT2D eigenvalue weighted by Crippen LogP contribution is 2.26. The van der Waals surface area contributed by atoms with E-state index in [1.807, 2.05) is 30.3 Å². The lowest BCUT2D eigenvalue weighted by Crippen LogP contribution is -2.26. The number of aromatic amines is 1. The molecule has 0 radical (unpaired) electrons. The molecule has 3 unspecified atom stereocenters. The van der Waals surface area contributed by atoms with Crippen LogP contribution >= 0.6 is 0 Å². The van der Waals surface area contributed by atoms with Crippen LogP contribution in [0.3, 0.4) is 0 Å². The lowest BCUT2D eigenvalue weighted by atomic mass is 9.86. The number of benzene rings is 1. The van der Waals surface area contributed by atoms with Crippen molar-refractivity contribution in [1.82, 2.24) is 9.97 Å². The fourth-order valence-corrected chi connectivity index (χ4v) is 2.99. The Hall–Kier alpha value is -1.65. The predicted molar refractivity (Wildman–Crippen MR) is 92.2 cm³/mol. The van der Waals surface area contributed by atoms with E-state index in [1.165, 1.54) is 0 Å². The van der Waals surface area contributed by atoms with Crippen LogP contribution in [0.1, 0.15) is 56.3 Å². The number of nitrogens with zero attached hydrogens (tertiary/aromatic N) is 1. The number of aliphatic hydroxyl groups excluding tert-OH is 2. The highest BCUT2D eigenvalue weighted by Gasteiger charge is 2.24. The minimum Gasteiger partial charge on any atom is -0.393 e. The van der Waals surface area contributed by atoms with Crippen LogP contribution in [0.25, 0.3) is 0 Å². The summed E-state index contributed by atoms with van der Waals surface area (Å²) in [6.45, 7) is 2.15. The van der Waals surface area contributed by atoms with Gasteiger partial charge in [0, 0.05) is 24.7 Å². The second kappa shape index (κ2) is 9.48. The Morgan fingerprint density at radius 3 is 2.57 bits per heavy atom. The smallest absolute Gasteiger partial charge is 0.106 e. The van der Waals surface area contributed by atoms with E-state index >= 15 is 0 Å². The molecule has 0 saturated carbocycles. The lowest BCUT2D eigenvalue weighted by Gasteiger charge is -2.25. The van der Waals surface area contributed by atoms with Crippen molar-refractivity contribution in [3.8, 4) is 0 Å². The standard InChI is InChI=1S/C19H28N2O2/c1-2-3-5-10-16(22)13-18(23)17(14-19-20-11-12-21-19)15-8-6-4-7-9-15/h4,6-9,11-12,16-18,22-23H,2-3,5,10,13-14H2,1H3,(H,20,21). The number of hydrogen-bond donors (Lipinski definition) is 3. The Morgan fingerprint density at radius 1 is 1.13 bits per heavy atom. The first-order valence-electron chi connectivity index (χ1n) is 8.60. The van der Waals surface area contributed by atoms with Crippen molar-refractivity contribution >= 4 is 0 Å². The largest absolute Gasteiger partial charge is 0.393 e. The minimum atomic E-state index is -0.584. The number of unbranched alkanes of at least 4 members (excludes halogenated alkanes) is 2. The maximum absolute atomic E-state index is 10.7. The van der Waals surface area contributed by atoms with Gasteiger partial charge in [-0.25, -0.2) is 4.98 Å². The summed E-state index contributed by atoms with van der Waals surface area (Å²) >= 11 is 0. The molecule has 1 heterocycles. The molecule has 4 heteroatoms. The molecular formula is C19H28N2O2. The summed E-state index contributed by atoms with van der Waals surface area (Å²) in [6, 6.07) is 9.99. The van der Waals surface area contributed by atoms with Crippen LogP contribution in [0, 0.1) is 0 Å². The first-order valence-corrected chi connectivity index (χ1v) is 8.60. The van der Waals surface area contributed by atoms with Crippen LogP contribution in [-0.4, -0.2) is 32.4 Å². The van der Waals surface area contributed by atoms with E-state index in [9.17, 15) is 10.2 Å². The van der Waals surface area contributed by atoms with Gasteiger partial charge in [-0.3, -0.25) is 0 Å². The topological polar surface area (TPSA) is 69.1 Å². The molecule has 23 heavy (non-hydrogen) atoms. The fraction of sp³-hybridized carbons (Fsp3) is 0.526. The van der Waals surface area contributed by atoms with Crippen molar-refractivity contribution < 1.29 is 10.2 Å². The number of aliphatic hydroxyl groups is 2. The average molecular weight is 316 g/mol. The molecule has 0 aliphatic heterocycles. The third-order valence-electron chi connectivity index (χ3n) is 4.31. The Bertz CT molecular complexity index is 528. The van der Waals surface area contributed by atoms with Gasteiger partial charge in [-0.1, -0.05) is 56.5 Å². The highest BCUT2D eigenvalue weighted by atomic mass is 16.3. The number of nitrogens with one attached hydrogen (secondary N) is 1. The average Bonchev–Trinajstić information content (AvgIpc) is 3.06. The van der Waals surface area contributed by atoms with Crippen molar-refractivity contribution in [3.63, 3.8) is 0 Å². The van der Waals surface area contributed by atoms with Gasteiger partial charge in [-0.05, 0) is 18.4 Å². The van der Waals surface area contributed by atoms with Gasteiger partial charge in [0.2, 0.25) is 0 Å². The van der Waals surface area contributed by atoms with E-state index in [4.69, 9.17) is 0 Å². The molecule has 0 fully saturated rings. The molecule has 0 saturated heterocycles. The summed E-state index contributed by atoms with van der Waals surface area (Å²) in [5, 5.41) is 20.9. The van der Waals surface area contributed by atoms with Crippen LogP contribution in [0.4, 0.5) is 0 Å². The second-order valence-corrected chi connectivity index (χ2v) is 6.21. The van der Waals surface area contributed by atoms with Crippen molar-refractivity contribution in [2.75, 3.05) is 0 Å². The molecule has 126 valence electrons. The normalized spacial score (nSPS) is 15.3. The van der Waals surface area contributed by atoms with Crippen LogP contribution in [0.2, 0.25) is 0 Å². The maximum atomic E-state index is 10.7. The van der Waals surface area contributed by atoms with Gasteiger partial charge in [-0.2, -0.15) is 0 Å². The Balaban J connectivity index is 2.01. The van der Waals surface area contributed by atoms with Crippen molar-refractivity contribution in [2.24, 2.45) is 0 Å². The Morgan fingerprint density at radius 2 is 1.91 bits per heavy atom. The molecule has 0 bridgehead atoms. The van der Waals surface area contributed by atoms with Crippen LogP contribution in [0.15, 0.2) is 42.7 Å². The molecule has 0 aliphatic carbocycles. The summed E-state index contributed by atoms with van der Waals surface area (Å²) < 4.78 is 0. The van der Waals surface area contributed by atoms with E-state index in [-0.39, 0.29) is 5.92 Å². The molecule has 3 atom stereocenters. The van der Waals surface area contributed by atoms with Gasteiger partial charge in [0.15, 0.2) is 0 Å². The van der Waals surface area contributed by atoms with Gasteiger partial charge in [0.1, 0.15) is 5.82 Å². The van der Waals surface area contributed by atoms with E-state index in [2.05, 4.69) is 16.9 Å². The number of rotatable bonds is 10. The monoisotopic (exact) mass is 316 g/mol. The maximum Gasteiger partial charge on any atom is 0.106 e.